The number of ether oxygens (including phenoxy) is 1. The summed E-state index contributed by atoms with van der Waals surface area (Å²) in [6.45, 7) is 6.14. The number of aliphatic hydroxyl groups excluding tert-OH is 1. The van der Waals surface area contributed by atoms with E-state index in [0.717, 1.165) is 25.2 Å². The normalized spacial score (nSPS) is 15.4. The van der Waals surface area contributed by atoms with E-state index in [-0.39, 0.29) is 12.7 Å². The Morgan fingerprint density at radius 2 is 2.19 bits per heavy atom. The van der Waals surface area contributed by atoms with E-state index in [1.54, 1.807) is 16.2 Å². The van der Waals surface area contributed by atoms with Gasteiger partial charge in [0.05, 0.1) is 6.61 Å². The number of aliphatic hydroxyl groups is 1. The highest BCUT2D eigenvalue weighted by Gasteiger charge is 2.21. The van der Waals surface area contributed by atoms with E-state index in [9.17, 15) is 4.79 Å². The van der Waals surface area contributed by atoms with Crippen molar-refractivity contribution in [3.8, 4) is 11.8 Å². The summed E-state index contributed by atoms with van der Waals surface area (Å²) in [5.41, 5.74) is 0.953. The van der Waals surface area contributed by atoms with Crippen LogP contribution in [0.25, 0.3) is 0 Å². The zero-order chi connectivity index (χ0) is 15.1. The molecule has 1 aromatic heterocycles. The highest BCUT2D eigenvalue weighted by atomic mass is 32.1. The van der Waals surface area contributed by atoms with E-state index in [4.69, 9.17) is 9.84 Å². The maximum Gasteiger partial charge on any atom is 0.409 e. The first kappa shape index (κ1) is 15.8. The molecule has 1 amide bonds. The molecule has 5 nitrogen and oxygen atoms in total. The van der Waals surface area contributed by atoms with E-state index in [0.29, 0.717) is 19.7 Å². The quantitative estimate of drug-likeness (QED) is 0.857. The number of carbonyl (C=O) groups excluding carboxylic acids is 1. The molecule has 6 heteroatoms. The van der Waals surface area contributed by atoms with Gasteiger partial charge in [-0.2, -0.15) is 0 Å². The Kier molecular flexibility index (Phi) is 6.05. The van der Waals surface area contributed by atoms with Crippen molar-refractivity contribution < 1.29 is 14.6 Å². The number of hydrogen-bond acceptors (Lipinski definition) is 5. The largest absolute Gasteiger partial charge is 0.450 e. The molecule has 0 spiro atoms. The minimum Gasteiger partial charge on any atom is -0.450 e. The van der Waals surface area contributed by atoms with Crippen LogP contribution < -0.4 is 0 Å². The van der Waals surface area contributed by atoms with Crippen molar-refractivity contribution in [2.75, 3.05) is 39.4 Å². The Balaban J connectivity index is 1.80. The molecule has 21 heavy (non-hydrogen) atoms. The predicted octanol–water partition coefficient (Wildman–Crippen LogP) is 1.37. The molecule has 1 aliphatic heterocycles. The molecular weight excluding hydrogens is 288 g/mol. The first-order valence-electron chi connectivity index (χ1n) is 7.04. The molecule has 1 fully saturated rings. The van der Waals surface area contributed by atoms with Gasteiger partial charge in [0, 0.05) is 48.5 Å². The van der Waals surface area contributed by atoms with Gasteiger partial charge < -0.3 is 14.7 Å². The van der Waals surface area contributed by atoms with E-state index in [2.05, 4.69) is 22.8 Å². The standard InChI is InChI=1S/C15H20N2O3S/c1-2-20-15(19)17-7-5-16(6-8-17)11-14-10-13(12-21-14)4-3-9-18/h10,12,18H,2,5-9,11H2,1H3. The molecule has 2 rings (SSSR count). The van der Waals surface area contributed by atoms with Gasteiger partial charge in [0.25, 0.3) is 0 Å². The summed E-state index contributed by atoms with van der Waals surface area (Å²) >= 11 is 1.68. The van der Waals surface area contributed by atoms with Gasteiger partial charge in [0.2, 0.25) is 0 Å². The summed E-state index contributed by atoms with van der Waals surface area (Å²) in [5, 5.41) is 10.7. The Morgan fingerprint density at radius 3 is 2.86 bits per heavy atom. The van der Waals surface area contributed by atoms with Gasteiger partial charge in [-0.15, -0.1) is 11.3 Å². The summed E-state index contributed by atoms with van der Waals surface area (Å²) < 4.78 is 5.01. The molecule has 1 aromatic rings. The van der Waals surface area contributed by atoms with Crippen LogP contribution in [0.4, 0.5) is 4.79 Å². The van der Waals surface area contributed by atoms with Gasteiger partial charge in [-0.3, -0.25) is 4.90 Å². The molecule has 0 bridgehead atoms. The maximum atomic E-state index is 11.6. The molecule has 0 aliphatic carbocycles. The Labute approximate surface area is 129 Å². The molecule has 1 saturated heterocycles. The Bertz CT molecular complexity index is 525. The van der Waals surface area contributed by atoms with Crippen LogP contribution in [-0.2, 0) is 11.3 Å². The van der Waals surface area contributed by atoms with Crippen molar-refractivity contribution in [1.82, 2.24) is 9.80 Å². The minimum atomic E-state index is -0.213. The third kappa shape index (κ3) is 4.74. The van der Waals surface area contributed by atoms with E-state index < -0.39 is 0 Å². The highest BCUT2D eigenvalue weighted by molar-refractivity contribution is 7.10. The Hall–Kier alpha value is -1.55. The first-order valence-corrected chi connectivity index (χ1v) is 7.92. The lowest BCUT2D eigenvalue weighted by molar-refractivity contribution is 0.0781. The molecule has 0 radical (unpaired) electrons. The van der Waals surface area contributed by atoms with Gasteiger partial charge in [-0.05, 0) is 13.0 Å². The predicted molar refractivity (Wildman–Crippen MR) is 82.2 cm³/mol. The van der Waals surface area contributed by atoms with Crippen LogP contribution in [-0.4, -0.2) is 60.4 Å². The van der Waals surface area contributed by atoms with Crippen LogP contribution in [0.1, 0.15) is 17.4 Å². The lowest BCUT2D eigenvalue weighted by Gasteiger charge is -2.33. The van der Waals surface area contributed by atoms with Crippen LogP contribution in [0.3, 0.4) is 0 Å². The maximum absolute atomic E-state index is 11.6. The average Bonchev–Trinajstić information content (AvgIpc) is 2.93. The van der Waals surface area contributed by atoms with Crippen LogP contribution >= 0.6 is 11.3 Å². The summed E-state index contributed by atoms with van der Waals surface area (Å²) in [5.74, 6) is 5.56. The van der Waals surface area contributed by atoms with Crippen molar-refractivity contribution in [2.24, 2.45) is 0 Å². The van der Waals surface area contributed by atoms with Crippen molar-refractivity contribution in [3.05, 3.63) is 21.9 Å². The second kappa shape index (κ2) is 8.03. The minimum absolute atomic E-state index is 0.110. The molecule has 2 heterocycles. The molecule has 1 aliphatic rings. The van der Waals surface area contributed by atoms with Crippen molar-refractivity contribution in [1.29, 1.82) is 0 Å². The SMILES string of the molecule is CCOC(=O)N1CCN(Cc2cc(C#CCO)cs2)CC1. The summed E-state index contributed by atoms with van der Waals surface area (Å²) in [6, 6.07) is 2.06. The van der Waals surface area contributed by atoms with Crippen LogP contribution in [0.15, 0.2) is 11.4 Å². The van der Waals surface area contributed by atoms with Gasteiger partial charge in [0.1, 0.15) is 6.61 Å². The topological polar surface area (TPSA) is 53.0 Å². The fourth-order valence-electron chi connectivity index (χ4n) is 2.19. The zero-order valence-corrected chi connectivity index (χ0v) is 13.0. The Morgan fingerprint density at radius 1 is 1.43 bits per heavy atom. The number of thiophene rings is 1. The molecule has 1 N–H and O–H groups in total. The smallest absolute Gasteiger partial charge is 0.409 e. The molecule has 0 atom stereocenters. The summed E-state index contributed by atoms with van der Waals surface area (Å²) in [6.07, 6.45) is -0.213. The second-order valence-electron chi connectivity index (χ2n) is 4.72. The third-order valence-electron chi connectivity index (χ3n) is 3.24. The molecule has 0 saturated carbocycles. The van der Waals surface area contributed by atoms with Gasteiger partial charge >= 0.3 is 6.09 Å². The number of amides is 1. The van der Waals surface area contributed by atoms with Crippen molar-refractivity contribution in [2.45, 2.75) is 13.5 Å². The summed E-state index contributed by atoms with van der Waals surface area (Å²) in [4.78, 5) is 17.0. The van der Waals surface area contributed by atoms with E-state index in [1.165, 1.54) is 4.88 Å². The second-order valence-corrected chi connectivity index (χ2v) is 5.72. The fraction of sp³-hybridized carbons (Fsp3) is 0.533. The van der Waals surface area contributed by atoms with Crippen molar-refractivity contribution in [3.63, 3.8) is 0 Å². The lowest BCUT2D eigenvalue weighted by atomic mass is 10.2. The number of carbonyl (C=O) groups is 1. The number of hydrogen-bond donors (Lipinski definition) is 1. The number of piperazine rings is 1. The number of nitrogens with zero attached hydrogens (tertiary/aromatic N) is 2. The van der Waals surface area contributed by atoms with Crippen molar-refractivity contribution >= 4 is 17.4 Å². The van der Waals surface area contributed by atoms with Crippen LogP contribution in [0.5, 0.6) is 0 Å². The van der Waals surface area contributed by atoms with Gasteiger partial charge in [0.15, 0.2) is 0 Å². The van der Waals surface area contributed by atoms with E-state index in [1.807, 2.05) is 12.3 Å². The zero-order valence-electron chi connectivity index (χ0n) is 12.2. The fourth-order valence-corrected chi connectivity index (χ4v) is 3.05. The molecular formula is C15H20N2O3S. The van der Waals surface area contributed by atoms with E-state index >= 15 is 0 Å². The van der Waals surface area contributed by atoms with Gasteiger partial charge in [-0.25, -0.2) is 4.79 Å². The van der Waals surface area contributed by atoms with Crippen LogP contribution in [0.2, 0.25) is 0 Å². The monoisotopic (exact) mass is 308 g/mol. The lowest BCUT2D eigenvalue weighted by Crippen LogP contribution is -2.48. The average molecular weight is 308 g/mol. The highest BCUT2D eigenvalue weighted by Crippen LogP contribution is 2.17. The molecule has 0 aromatic carbocycles. The van der Waals surface area contributed by atoms with Gasteiger partial charge in [-0.1, -0.05) is 11.8 Å². The van der Waals surface area contributed by atoms with Crippen LogP contribution in [0, 0.1) is 11.8 Å². The molecule has 0 unspecified atom stereocenters. The third-order valence-corrected chi connectivity index (χ3v) is 4.16. The summed E-state index contributed by atoms with van der Waals surface area (Å²) in [7, 11) is 0. The molecule has 114 valence electrons. The first-order chi connectivity index (χ1) is 10.2. The number of rotatable bonds is 3.